The highest BCUT2D eigenvalue weighted by atomic mass is 35.5. The van der Waals surface area contributed by atoms with E-state index in [4.69, 9.17) is 11.6 Å². The number of hydrogen-bond acceptors (Lipinski definition) is 5. The highest BCUT2D eigenvalue weighted by molar-refractivity contribution is 7.10. The van der Waals surface area contributed by atoms with Gasteiger partial charge in [0.15, 0.2) is 5.82 Å². The van der Waals surface area contributed by atoms with Gasteiger partial charge in [0, 0.05) is 23.6 Å². The molecule has 6 nitrogen and oxygen atoms in total. The molecule has 0 spiro atoms. The first-order chi connectivity index (χ1) is 11.6. The molecule has 1 aliphatic carbocycles. The van der Waals surface area contributed by atoms with Crippen LogP contribution in [0, 0.1) is 5.92 Å². The lowest BCUT2D eigenvalue weighted by Gasteiger charge is -2.26. The lowest BCUT2D eigenvalue weighted by molar-refractivity contribution is 0.101. The number of benzene rings is 1. The van der Waals surface area contributed by atoms with E-state index in [1.165, 1.54) is 0 Å². The maximum atomic E-state index is 12.5. The summed E-state index contributed by atoms with van der Waals surface area (Å²) in [4.78, 5) is 18.6. The monoisotopic (exact) mass is 364 g/mol. The maximum absolute atomic E-state index is 12.5. The quantitative estimate of drug-likeness (QED) is 0.857. The van der Waals surface area contributed by atoms with E-state index >= 15 is 0 Å². The number of halogens is 1. The van der Waals surface area contributed by atoms with Crippen LogP contribution >= 0.6 is 23.1 Å². The fraction of sp³-hybridized carbons (Fsp3) is 0.438. The Kier molecular flexibility index (Phi) is 4.15. The number of fused-ring (bicyclic) bond motifs is 1. The van der Waals surface area contributed by atoms with Gasteiger partial charge in [0.2, 0.25) is 5.13 Å². The minimum Gasteiger partial charge on any atom is -0.391 e. The van der Waals surface area contributed by atoms with Crippen LogP contribution in [0.3, 0.4) is 0 Å². The van der Waals surface area contributed by atoms with Crippen LogP contribution in [0.5, 0.6) is 0 Å². The highest BCUT2D eigenvalue weighted by Crippen LogP contribution is 2.38. The molecule has 1 saturated heterocycles. The van der Waals surface area contributed by atoms with Crippen molar-refractivity contribution in [3.8, 4) is 11.4 Å². The number of amides is 2. The van der Waals surface area contributed by atoms with Crippen LogP contribution in [0.15, 0.2) is 24.3 Å². The van der Waals surface area contributed by atoms with E-state index in [9.17, 15) is 9.90 Å². The third-order valence-electron chi connectivity index (χ3n) is 4.83. The number of hydrogen-bond donors (Lipinski definition) is 2. The second-order valence-corrected chi connectivity index (χ2v) is 7.37. The van der Waals surface area contributed by atoms with Crippen LogP contribution in [0.2, 0.25) is 5.02 Å². The van der Waals surface area contributed by atoms with Crippen LogP contribution in [-0.2, 0) is 0 Å². The molecule has 1 aromatic carbocycles. The lowest BCUT2D eigenvalue weighted by atomic mass is 10.0. The van der Waals surface area contributed by atoms with Crippen LogP contribution in [-0.4, -0.2) is 44.1 Å². The number of anilines is 1. The normalized spacial score (nSPS) is 25.8. The number of aliphatic hydroxyl groups excluding tert-OH is 1. The zero-order chi connectivity index (χ0) is 16.7. The Morgan fingerprint density at radius 2 is 2.17 bits per heavy atom. The molecule has 2 amide bonds. The third kappa shape index (κ3) is 2.76. The maximum Gasteiger partial charge on any atom is 0.324 e. The average Bonchev–Trinajstić information content (AvgIpc) is 3.26. The second kappa shape index (κ2) is 6.31. The minimum absolute atomic E-state index is 0.0686. The summed E-state index contributed by atoms with van der Waals surface area (Å²) >= 11 is 7.28. The topological polar surface area (TPSA) is 78.4 Å². The van der Waals surface area contributed by atoms with Gasteiger partial charge in [0.1, 0.15) is 0 Å². The third-order valence-corrected chi connectivity index (χ3v) is 5.79. The van der Waals surface area contributed by atoms with Crippen LogP contribution in [0.4, 0.5) is 9.93 Å². The van der Waals surface area contributed by atoms with E-state index < -0.39 is 6.10 Å². The average molecular weight is 365 g/mol. The van der Waals surface area contributed by atoms with Gasteiger partial charge in [0.25, 0.3) is 0 Å². The molecule has 3 atom stereocenters. The Labute approximate surface area is 148 Å². The zero-order valence-corrected chi connectivity index (χ0v) is 14.4. The van der Waals surface area contributed by atoms with Gasteiger partial charge < -0.3 is 10.0 Å². The second-order valence-electron chi connectivity index (χ2n) is 6.21. The molecule has 0 radical (unpaired) electrons. The number of nitrogens with zero attached hydrogens (tertiary/aromatic N) is 3. The molecule has 2 heterocycles. The molecule has 8 heteroatoms. The summed E-state index contributed by atoms with van der Waals surface area (Å²) in [6.45, 7) is 0.675. The van der Waals surface area contributed by atoms with Gasteiger partial charge >= 0.3 is 6.03 Å². The van der Waals surface area contributed by atoms with Gasteiger partial charge in [-0.3, -0.25) is 5.32 Å². The van der Waals surface area contributed by atoms with Gasteiger partial charge in [-0.1, -0.05) is 23.7 Å². The summed E-state index contributed by atoms with van der Waals surface area (Å²) in [7, 11) is 0. The summed E-state index contributed by atoms with van der Waals surface area (Å²) in [5, 5.41) is 13.9. The molecular weight excluding hydrogens is 348 g/mol. The number of rotatable bonds is 2. The molecule has 1 saturated carbocycles. The molecule has 2 N–H and O–H groups in total. The SMILES string of the molecule is O=C(Nc1nc(-c2ccccc2Cl)ns1)N1CC[C@@H]2CC[C@@H](O)[C@@H]21. The van der Waals surface area contributed by atoms with Gasteiger partial charge in [-0.05, 0) is 37.3 Å². The van der Waals surface area contributed by atoms with Crippen molar-refractivity contribution >= 4 is 34.3 Å². The van der Waals surface area contributed by atoms with Crippen molar-refractivity contribution in [2.45, 2.75) is 31.4 Å². The van der Waals surface area contributed by atoms with Crippen molar-refractivity contribution in [1.82, 2.24) is 14.3 Å². The van der Waals surface area contributed by atoms with Gasteiger partial charge in [0.05, 0.1) is 17.2 Å². The van der Waals surface area contributed by atoms with Gasteiger partial charge in [-0.2, -0.15) is 9.36 Å². The largest absolute Gasteiger partial charge is 0.391 e. The number of urea groups is 1. The Balaban J connectivity index is 1.48. The smallest absolute Gasteiger partial charge is 0.324 e. The van der Waals surface area contributed by atoms with Crippen molar-refractivity contribution in [2.75, 3.05) is 11.9 Å². The summed E-state index contributed by atoms with van der Waals surface area (Å²) in [6, 6.07) is 7.05. The van der Waals surface area contributed by atoms with E-state index in [1.807, 2.05) is 18.2 Å². The number of likely N-dealkylation sites (tertiary alicyclic amines) is 1. The first-order valence-electron chi connectivity index (χ1n) is 7.98. The van der Waals surface area contributed by atoms with Crippen molar-refractivity contribution < 1.29 is 9.90 Å². The van der Waals surface area contributed by atoms with E-state index in [2.05, 4.69) is 14.7 Å². The van der Waals surface area contributed by atoms with Crippen LogP contribution < -0.4 is 5.32 Å². The standard InChI is InChI=1S/C16H17ClN4O2S/c17-11-4-2-1-3-10(11)14-18-15(24-20-14)19-16(23)21-8-7-9-5-6-12(22)13(9)21/h1-4,9,12-13,22H,5-8H2,(H,18,19,20,23)/t9-,12+,13+/m0/s1. The molecule has 24 heavy (non-hydrogen) atoms. The zero-order valence-electron chi connectivity index (χ0n) is 12.9. The van der Waals surface area contributed by atoms with Crippen molar-refractivity contribution in [3.63, 3.8) is 0 Å². The Bertz CT molecular complexity index is 768. The van der Waals surface area contributed by atoms with Crippen molar-refractivity contribution in [3.05, 3.63) is 29.3 Å². The van der Waals surface area contributed by atoms with Crippen molar-refractivity contribution in [2.24, 2.45) is 5.92 Å². The molecule has 126 valence electrons. The van der Waals surface area contributed by atoms with E-state index in [0.29, 0.717) is 28.4 Å². The fourth-order valence-corrected chi connectivity index (χ4v) is 4.49. The van der Waals surface area contributed by atoms with Crippen molar-refractivity contribution in [1.29, 1.82) is 0 Å². The lowest BCUT2D eigenvalue weighted by Crippen LogP contribution is -2.44. The highest BCUT2D eigenvalue weighted by Gasteiger charge is 2.45. The van der Waals surface area contributed by atoms with Gasteiger partial charge in [-0.25, -0.2) is 4.79 Å². The number of carbonyl (C=O) groups excluding carboxylic acids is 1. The fourth-order valence-electron chi connectivity index (χ4n) is 3.70. The van der Waals surface area contributed by atoms with Crippen LogP contribution in [0.25, 0.3) is 11.4 Å². The predicted molar refractivity (Wildman–Crippen MR) is 93.2 cm³/mol. The summed E-state index contributed by atoms with van der Waals surface area (Å²) in [5.74, 6) is 0.917. The van der Waals surface area contributed by atoms with E-state index in [-0.39, 0.29) is 12.1 Å². The number of aliphatic hydroxyl groups is 1. The summed E-state index contributed by atoms with van der Waals surface area (Å²) in [5.41, 5.74) is 0.739. The molecule has 2 aromatic rings. The molecule has 1 aliphatic heterocycles. The molecule has 0 bridgehead atoms. The van der Waals surface area contributed by atoms with Crippen LogP contribution in [0.1, 0.15) is 19.3 Å². The Morgan fingerprint density at radius 1 is 1.33 bits per heavy atom. The molecule has 2 fully saturated rings. The van der Waals surface area contributed by atoms with Gasteiger partial charge in [-0.15, -0.1) is 0 Å². The summed E-state index contributed by atoms with van der Waals surface area (Å²) in [6.07, 6.45) is 2.30. The molecular formula is C16H17ClN4O2S. The van der Waals surface area contributed by atoms with E-state index in [1.54, 1.807) is 11.0 Å². The first-order valence-corrected chi connectivity index (χ1v) is 9.13. The Hall–Kier alpha value is -1.70. The molecule has 1 aromatic heterocycles. The molecule has 2 aliphatic rings. The number of aromatic nitrogens is 2. The first kappa shape index (κ1) is 15.8. The predicted octanol–water partition coefficient (Wildman–Crippen LogP) is 3.24. The Morgan fingerprint density at radius 3 is 3.00 bits per heavy atom. The number of carbonyl (C=O) groups is 1. The summed E-state index contributed by atoms with van der Waals surface area (Å²) < 4.78 is 4.27. The molecule has 0 unspecified atom stereocenters. The number of nitrogens with one attached hydrogen (secondary N) is 1. The van der Waals surface area contributed by atoms with E-state index in [0.717, 1.165) is 36.4 Å². The minimum atomic E-state index is -0.420. The molecule has 4 rings (SSSR count).